The van der Waals surface area contributed by atoms with Crippen LogP contribution in [-0.2, 0) is 0 Å². The molecule has 31 heavy (non-hydrogen) atoms. The quantitative estimate of drug-likeness (QED) is 0.406. The molecule has 0 spiro atoms. The van der Waals surface area contributed by atoms with Crippen molar-refractivity contribution in [3.63, 3.8) is 0 Å². The van der Waals surface area contributed by atoms with E-state index in [-0.39, 0.29) is 0 Å². The number of hydrogen-bond acceptors (Lipinski definition) is 7. The fraction of sp³-hybridized carbons (Fsp3) is 0.208. The van der Waals surface area contributed by atoms with Gasteiger partial charge in [-0.25, -0.2) is 4.98 Å². The maximum absolute atomic E-state index is 6.07. The molecule has 0 saturated heterocycles. The van der Waals surface area contributed by atoms with Crippen LogP contribution in [0.3, 0.4) is 0 Å². The van der Waals surface area contributed by atoms with Crippen LogP contribution in [0.2, 0.25) is 0 Å². The average molecular weight is 421 g/mol. The van der Waals surface area contributed by atoms with E-state index in [1.165, 1.54) is 0 Å². The molecule has 0 atom stereocenters. The van der Waals surface area contributed by atoms with E-state index >= 15 is 0 Å². The third-order valence-corrected chi connectivity index (χ3v) is 5.00. The first-order chi connectivity index (χ1) is 15.1. The molecule has 0 N–H and O–H groups in total. The Morgan fingerprint density at radius 3 is 1.97 bits per heavy atom. The Kier molecular flexibility index (Phi) is 5.58. The zero-order valence-electron chi connectivity index (χ0n) is 18.0. The van der Waals surface area contributed by atoms with Gasteiger partial charge in [-0.15, -0.1) is 0 Å². The molecule has 0 bridgehead atoms. The summed E-state index contributed by atoms with van der Waals surface area (Å²) >= 11 is 0. The lowest BCUT2D eigenvalue weighted by molar-refractivity contribution is 0.325. The maximum atomic E-state index is 6.07. The summed E-state index contributed by atoms with van der Waals surface area (Å²) in [5.74, 6) is 3.50. The first kappa shape index (κ1) is 20.4. The number of oxazole rings is 1. The standard InChI is InChI=1S/C24H23NO6/c1-26-16-10-15(11-17(13-16)27-2)24-25-19-8-6-14(12-21(19)31-24)18-7-9-20(28-3)23(30-5)22(18)29-4/h6-13H,1-5H3. The summed E-state index contributed by atoms with van der Waals surface area (Å²) in [4.78, 5) is 4.62. The SMILES string of the molecule is COc1cc(OC)cc(-c2nc3ccc(-c4ccc(OC)c(OC)c4OC)cc3o2)c1. The summed E-state index contributed by atoms with van der Waals surface area (Å²) in [6.07, 6.45) is 0. The Morgan fingerprint density at radius 2 is 1.35 bits per heavy atom. The van der Waals surface area contributed by atoms with E-state index in [1.807, 2.05) is 42.5 Å². The molecule has 0 unspecified atom stereocenters. The lowest BCUT2D eigenvalue weighted by atomic mass is 10.0. The molecule has 7 heteroatoms. The number of ether oxygens (including phenoxy) is 5. The minimum absolute atomic E-state index is 0.476. The van der Waals surface area contributed by atoms with Crippen LogP contribution >= 0.6 is 0 Å². The van der Waals surface area contributed by atoms with E-state index in [4.69, 9.17) is 28.1 Å². The van der Waals surface area contributed by atoms with Crippen LogP contribution < -0.4 is 23.7 Å². The van der Waals surface area contributed by atoms with Crippen LogP contribution in [0.1, 0.15) is 0 Å². The van der Waals surface area contributed by atoms with Gasteiger partial charge in [-0.2, -0.15) is 0 Å². The molecule has 0 saturated carbocycles. The smallest absolute Gasteiger partial charge is 0.227 e. The monoisotopic (exact) mass is 421 g/mol. The molecule has 0 radical (unpaired) electrons. The number of benzene rings is 3. The van der Waals surface area contributed by atoms with Crippen LogP contribution in [0.15, 0.2) is 52.9 Å². The molecular weight excluding hydrogens is 398 g/mol. The van der Waals surface area contributed by atoms with Crippen molar-refractivity contribution in [2.45, 2.75) is 0 Å². The molecule has 4 aromatic rings. The molecule has 3 aromatic carbocycles. The lowest BCUT2D eigenvalue weighted by Crippen LogP contribution is -1.96. The highest BCUT2D eigenvalue weighted by Gasteiger charge is 2.18. The van der Waals surface area contributed by atoms with Gasteiger partial charge in [-0.05, 0) is 42.0 Å². The zero-order valence-corrected chi connectivity index (χ0v) is 18.0. The Labute approximate surface area is 180 Å². The Bertz CT molecular complexity index is 1210. The van der Waals surface area contributed by atoms with Crippen molar-refractivity contribution < 1.29 is 28.1 Å². The number of rotatable bonds is 7. The van der Waals surface area contributed by atoms with Crippen molar-refractivity contribution in [2.24, 2.45) is 0 Å². The normalized spacial score (nSPS) is 10.7. The second-order valence-corrected chi connectivity index (χ2v) is 6.68. The predicted molar refractivity (Wildman–Crippen MR) is 118 cm³/mol. The number of hydrogen-bond donors (Lipinski definition) is 0. The molecule has 0 aliphatic carbocycles. The molecule has 0 amide bonds. The number of aromatic nitrogens is 1. The van der Waals surface area contributed by atoms with Gasteiger partial charge in [0.1, 0.15) is 17.0 Å². The number of methoxy groups -OCH3 is 5. The fourth-order valence-electron chi connectivity index (χ4n) is 3.48. The minimum atomic E-state index is 0.476. The highest BCUT2D eigenvalue weighted by atomic mass is 16.5. The maximum Gasteiger partial charge on any atom is 0.227 e. The lowest BCUT2D eigenvalue weighted by Gasteiger charge is -2.15. The molecule has 0 fully saturated rings. The van der Waals surface area contributed by atoms with Gasteiger partial charge in [0.05, 0.1) is 35.5 Å². The summed E-state index contributed by atoms with van der Waals surface area (Å²) in [6.45, 7) is 0. The topological polar surface area (TPSA) is 72.2 Å². The first-order valence-electron chi connectivity index (χ1n) is 9.55. The first-order valence-corrected chi connectivity index (χ1v) is 9.55. The number of fused-ring (bicyclic) bond motifs is 1. The summed E-state index contributed by atoms with van der Waals surface area (Å²) in [5, 5.41) is 0. The number of nitrogens with zero attached hydrogens (tertiary/aromatic N) is 1. The highest BCUT2D eigenvalue weighted by Crippen LogP contribution is 2.44. The van der Waals surface area contributed by atoms with Gasteiger partial charge in [0.2, 0.25) is 11.6 Å². The average Bonchev–Trinajstić information content (AvgIpc) is 3.26. The second-order valence-electron chi connectivity index (χ2n) is 6.68. The predicted octanol–water partition coefficient (Wildman–Crippen LogP) is 5.20. The van der Waals surface area contributed by atoms with Crippen molar-refractivity contribution in [3.05, 3.63) is 48.5 Å². The van der Waals surface area contributed by atoms with Crippen LogP contribution in [0.25, 0.3) is 33.7 Å². The summed E-state index contributed by atoms with van der Waals surface area (Å²) < 4.78 is 33.3. The van der Waals surface area contributed by atoms with Gasteiger partial charge in [-0.1, -0.05) is 6.07 Å². The molecule has 1 heterocycles. The van der Waals surface area contributed by atoms with Crippen molar-refractivity contribution >= 4 is 11.1 Å². The largest absolute Gasteiger partial charge is 0.497 e. The van der Waals surface area contributed by atoms with Gasteiger partial charge >= 0.3 is 0 Å². The van der Waals surface area contributed by atoms with E-state index < -0.39 is 0 Å². The van der Waals surface area contributed by atoms with Crippen LogP contribution in [0.5, 0.6) is 28.7 Å². The minimum Gasteiger partial charge on any atom is -0.497 e. The van der Waals surface area contributed by atoms with Crippen molar-refractivity contribution in [3.8, 4) is 51.3 Å². The zero-order chi connectivity index (χ0) is 22.0. The summed E-state index contributed by atoms with van der Waals surface area (Å²) in [7, 11) is 7.98. The van der Waals surface area contributed by atoms with Crippen LogP contribution in [-0.4, -0.2) is 40.5 Å². The molecule has 160 valence electrons. The van der Waals surface area contributed by atoms with Gasteiger partial charge in [-0.3, -0.25) is 0 Å². The molecular formula is C24H23NO6. The molecule has 7 nitrogen and oxygen atoms in total. The third kappa shape index (κ3) is 3.70. The van der Waals surface area contributed by atoms with E-state index in [1.54, 1.807) is 41.6 Å². The summed E-state index contributed by atoms with van der Waals surface area (Å²) in [5.41, 5.74) is 3.89. The van der Waals surface area contributed by atoms with Gasteiger partial charge in [0.15, 0.2) is 17.1 Å². The van der Waals surface area contributed by atoms with Gasteiger partial charge in [0.25, 0.3) is 0 Å². The van der Waals surface area contributed by atoms with E-state index in [0.717, 1.165) is 22.2 Å². The molecule has 0 aliphatic rings. The van der Waals surface area contributed by atoms with E-state index in [0.29, 0.717) is 40.2 Å². The second kappa shape index (κ2) is 8.47. The molecule has 1 aromatic heterocycles. The van der Waals surface area contributed by atoms with Crippen LogP contribution in [0.4, 0.5) is 0 Å². The fourth-order valence-corrected chi connectivity index (χ4v) is 3.48. The Hall–Kier alpha value is -3.87. The van der Waals surface area contributed by atoms with Crippen molar-refractivity contribution in [1.82, 2.24) is 4.98 Å². The van der Waals surface area contributed by atoms with Crippen molar-refractivity contribution in [2.75, 3.05) is 35.5 Å². The Balaban J connectivity index is 1.81. The molecule has 0 aliphatic heterocycles. The Morgan fingerprint density at radius 1 is 0.645 bits per heavy atom. The third-order valence-electron chi connectivity index (χ3n) is 5.00. The van der Waals surface area contributed by atoms with Gasteiger partial charge < -0.3 is 28.1 Å². The van der Waals surface area contributed by atoms with E-state index in [2.05, 4.69) is 4.98 Å². The van der Waals surface area contributed by atoms with Crippen LogP contribution in [0, 0.1) is 0 Å². The van der Waals surface area contributed by atoms with E-state index in [9.17, 15) is 0 Å². The summed E-state index contributed by atoms with van der Waals surface area (Å²) in [6, 6.07) is 15.1. The van der Waals surface area contributed by atoms with Gasteiger partial charge in [0, 0.05) is 17.2 Å². The highest BCUT2D eigenvalue weighted by molar-refractivity contribution is 5.85. The molecule has 4 rings (SSSR count). The van der Waals surface area contributed by atoms with Crippen molar-refractivity contribution in [1.29, 1.82) is 0 Å².